The minimum absolute atomic E-state index is 0.0385. The lowest BCUT2D eigenvalue weighted by atomic mass is 10.0. The van der Waals surface area contributed by atoms with Crippen LogP contribution in [-0.4, -0.2) is 32.5 Å². The molecule has 2 aromatic heterocycles. The molecule has 0 aliphatic rings. The summed E-state index contributed by atoms with van der Waals surface area (Å²) in [4.78, 5) is 25.0. The van der Waals surface area contributed by atoms with Crippen LogP contribution in [0, 0.1) is 6.92 Å². The minimum atomic E-state index is -4.54. The largest absolute Gasteiger partial charge is 0.495 e. The Bertz CT molecular complexity index is 1320. The highest BCUT2D eigenvalue weighted by molar-refractivity contribution is 6.03. The van der Waals surface area contributed by atoms with E-state index in [4.69, 9.17) is 4.74 Å². The molecule has 0 spiro atoms. The van der Waals surface area contributed by atoms with E-state index in [0.717, 1.165) is 11.8 Å². The molecule has 2 aromatic carbocycles. The maximum absolute atomic E-state index is 13.4. The van der Waals surface area contributed by atoms with Crippen LogP contribution in [0.4, 0.5) is 19.1 Å². The van der Waals surface area contributed by atoms with E-state index in [2.05, 4.69) is 20.3 Å². The summed E-state index contributed by atoms with van der Waals surface area (Å²) in [6.07, 6.45) is 0.188. The summed E-state index contributed by atoms with van der Waals surface area (Å²) in [7, 11) is 1.48. The van der Waals surface area contributed by atoms with Crippen LogP contribution < -0.4 is 10.1 Å². The molecule has 4 aromatic rings. The van der Waals surface area contributed by atoms with Crippen molar-refractivity contribution in [3.63, 3.8) is 0 Å². The topological polar surface area (TPSA) is 81.9 Å². The van der Waals surface area contributed by atoms with Crippen molar-refractivity contribution < 1.29 is 22.7 Å². The zero-order chi connectivity index (χ0) is 23.6. The molecule has 33 heavy (non-hydrogen) atoms. The van der Waals surface area contributed by atoms with Crippen molar-refractivity contribution >= 4 is 11.9 Å². The van der Waals surface area contributed by atoms with Crippen molar-refractivity contribution in [2.75, 3.05) is 12.4 Å². The molecule has 0 fully saturated rings. The molecular formula is C23H18F3N5O2. The lowest BCUT2D eigenvalue weighted by Gasteiger charge is -2.13. The van der Waals surface area contributed by atoms with Gasteiger partial charge in [-0.25, -0.2) is 15.0 Å². The average molecular weight is 453 g/mol. The van der Waals surface area contributed by atoms with Gasteiger partial charge in [0.05, 0.1) is 36.1 Å². The van der Waals surface area contributed by atoms with Gasteiger partial charge in [0.2, 0.25) is 5.95 Å². The van der Waals surface area contributed by atoms with Crippen molar-refractivity contribution in [1.29, 1.82) is 0 Å². The molecule has 10 heteroatoms. The number of rotatable bonds is 5. The first kappa shape index (κ1) is 22.0. The molecule has 0 bridgehead atoms. The summed E-state index contributed by atoms with van der Waals surface area (Å²) in [6.45, 7) is 1.85. The van der Waals surface area contributed by atoms with E-state index in [0.29, 0.717) is 11.4 Å². The quantitative estimate of drug-likeness (QED) is 0.464. The smallest absolute Gasteiger partial charge is 0.417 e. The number of anilines is 1. The van der Waals surface area contributed by atoms with Crippen LogP contribution in [0.3, 0.4) is 0 Å². The minimum Gasteiger partial charge on any atom is -0.495 e. The first-order chi connectivity index (χ1) is 15.8. The highest BCUT2D eigenvalue weighted by atomic mass is 19.4. The van der Waals surface area contributed by atoms with Gasteiger partial charge in [-0.3, -0.25) is 10.1 Å². The van der Waals surface area contributed by atoms with Gasteiger partial charge in [0, 0.05) is 23.5 Å². The first-order valence-electron chi connectivity index (χ1n) is 9.76. The van der Waals surface area contributed by atoms with E-state index in [9.17, 15) is 18.0 Å². The van der Waals surface area contributed by atoms with Gasteiger partial charge in [-0.05, 0) is 37.3 Å². The van der Waals surface area contributed by atoms with Crippen LogP contribution in [0.5, 0.6) is 5.75 Å². The van der Waals surface area contributed by atoms with Crippen LogP contribution in [-0.2, 0) is 6.18 Å². The maximum atomic E-state index is 13.4. The average Bonchev–Trinajstić information content (AvgIpc) is 3.24. The second-order valence-corrected chi connectivity index (χ2v) is 7.07. The Kier molecular flexibility index (Phi) is 5.82. The Morgan fingerprint density at radius 1 is 1.09 bits per heavy atom. The first-order valence-corrected chi connectivity index (χ1v) is 9.76. The number of nitrogens with one attached hydrogen (secondary N) is 1. The summed E-state index contributed by atoms with van der Waals surface area (Å²) >= 11 is 0. The molecule has 0 atom stereocenters. The number of amides is 1. The van der Waals surface area contributed by atoms with Gasteiger partial charge >= 0.3 is 6.18 Å². The second kappa shape index (κ2) is 8.73. The Balaban J connectivity index is 1.60. The fraction of sp³-hybridized carbons (Fsp3) is 0.130. The molecule has 0 radical (unpaired) electrons. The van der Waals surface area contributed by atoms with Crippen molar-refractivity contribution in [1.82, 2.24) is 19.5 Å². The van der Waals surface area contributed by atoms with Crippen LogP contribution in [0.2, 0.25) is 0 Å². The number of nitrogens with zero attached hydrogens (tertiary/aromatic N) is 4. The molecule has 1 amide bonds. The number of hydrogen-bond acceptors (Lipinski definition) is 5. The number of imidazole rings is 1. The Morgan fingerprint density at radius 3 is 2.58 bits per heavy atom. The predicted octanol–water partition coefficient (Wildman–Crippen LogP) is 4.92. The lowest BCUT2D eigenvalue weighted by Crippen LogP contribution is -2.15. The van der Waals surface area contributed by atoms with E-state index in [1.807, 2.05) is 13.1 Å². The molecule has 0 saturated heterocycles. The Morgan fingerprint density at radius 2 is 1.88 bits per heavy atom. The highest BCUT2D eigenvalue weighted by Crippen LogP contribution is 2.36. The molecule has 7 nitrogen and oxygen atoms in total. The standard InChI is InChI=1S/C23H18F3N5O2/c1-14-12-31(13-28-14)19-8-7-15(11-20(19)33-2)21(32)30-22-27-10-9-18(29-22)16-5-3-4-6-17(16)23(24,25)26/h3-13H,1-2H3,(H,27,29,30,32). The van der Waals surface area contributed by atoms with Crippen molar-refractivity contribution in [2.24, 2.45) is 0 Å². The van der Waals surface area contributed by atoms with Gasteiger partial charge in [0.1, 0.15) is 5.75 Å². The third-order valence-electron chi connectivity index (χ3n) is 4.82. The monoisotopic (exact) mass is 453 g/mol. The number of alkyl halides is 3. The van der Waals surface area contributed by atoms with Crippen LogP contribution >= 0.6 is 0 Å². The summed E-state index contributed by atoms with van der Waals surface area (Å²) in [5.74, 6) is -0.223. The fourth-order valence-electron chi connectivity index (χ4n) is 3.28. The summed E-state index contributed by atoms with van der Waals surface area (Å²) in [5.41, 5.74) is 0.883. The van der Waals surface area contributed by atoms with Crippen LogP contribution in [0.25, 0.3) is 16.9 Å². The van der Waals surface area contributed by atoms with Gasteiger partial charge in [0.15, 0.2) is 0 Å². The maximum Gasteiger partial charge on any atom is 0.417 e. The van der Waals surface area contributed by atoms with Gasteiger partial charge in [-0.2, -0.15) is 13.2 Å². The fourth-order valence-corrected chi connectivity index (χ4v) is 3.28. The van der Waals surface area contributed by atoms with E-state index in [1.54, 1.807) is 29.1 Å². The molecule has 1 N–H and O–H groups in total. The molecule has 4 rings (SSSR count). The molecule has 0 unspecified atom stereocenters. The molecule has 2 heterocycles. The van der Waals surface area contributed by atoms with Crippen LogP contribution in [0.15, 0.2) is 67.3 Å². The summed E-state index contributed by atoms with van der Waals surface area (Å²) < 4.78 is 47.3. The zero-order valence-corrected chi connectivity index (χ0v) is 17.6. The third-order valence-corrected chi connectivity index (χ3v) is 4.82. The molecule has 0 aliphatic heterocycles. The Labute approximate surface area is 186 Å². The summed E-state index contributed by atoms with van der Waals surface area (Å²) in [5, 5.41) is 2.52. The number of aromatic nitrogens is 4. The van der Waals surface area contributed by atoms with Gasteiger partial charge in [0.25, 0.3) is 5.91 Å². The lowest BCUT2D eigenvalue weighted by molar-refractivity contribution is -0.137. The van der Waals surface area contributed by atoms with Gasteiger partial charge in [-0.1, -0.05) is 18.2 Å². The SMILES string of the molecule is COc1cc(C(=O)Nc2nccc(-c3ccccc3C(F)(F)F)n2)ccc1-n1cnc(C)c1. The predicted molar refractivity (Wildman–Crippen MR) is 115 cm³/mol. The molecule has 0 aliphatic carbocycles. The van der Waals surface area contributed by atoms with E-state index in [-0.39, 0.29) is 22.8 Å². The highest BCUT2D eigenvalue weighted by Gasteiger charge is 2.33. The zero-order valence-electron chi connectivity index (χ0n) is 17.6. The Hall–Kier alpha value is -4.21. The number of methoxy groups -OCH3 is 1. The van der Waals surface area contributed by atoms with E-state index >= 15 is 0 Å². The number of hydrogen-bond donors (Lipinski definition) is 1. The number of carbonyl (C=O) groups excluding carboxylic acids is 1. The third kappa shape index (κ3) is 4.69. The van der Waals surface area contributed by atoms with E-state index < -0.39 is 17.6 Å². The number of halogens is 3. The van der Waals surface area contributed by atoms with Crippen molar-refractivity contribution in [3.05, 3.63) is 84.1 Å². The molecular weight excluding hydrogens is 435 g/mol. The number of benzene rings is 2. The number of ether oxygens (including phenoxy) is 1. The van der Waals surface area contributed by atoms with Gasteiger partial charge < -0.3 is 9.30 Å². The molecule has 168 valence electrons. The number of aryl methyl sites for hydroxylation is 1. The van der Waals surface area contributed by atoms with Crippen molar-refractivity contribution in [2.45, 2.75) is 13.1 Å². The van der Waals surface area contributed by atoms with E-state index in [1.165, 1.54) is 37.6 Å². The number of carbonyl (C=O) groups is 1. The normalized spacial score (nSPS) is 11.3. The summed E-state index contributed by atoms with van der Waals surface area (Å²) in [6, 6.07) is 11.3. The second-order valence-electron chi connectivity index (χ2n) is 7.07. The molecule has 0 saturated carbocycles. The van der Waals surface area contributed by atoms with Crippen LogP contribution in [0.1, 0.15) is 21.6 Å². The van der Waals surface area contributed by atoms with Crippen molar-refractivity contribution in [3.8, 4) is 22.7 Å². The van der Waals surface area contributed by atoms with Gasteiger partial charge in [-0.15, -0.1) is 0 Å².